The summed E-state index contributed by atoms with van der Waals surface area (Å²) in [6.45, 7) is 13.0. The first-order valence-corrected chi connectivity index (χ1v) is 8.52. The van der Waals surface area contributed by atoms with Crippen molar-refractivity contribution in [3.05, 3.63) is 11.4 Å². The van der Waals surface area contributed by atoms with E-state index in [9.17, 15) is 0 Å². The fraction of sp³-hybridized carbons (Fsp3) is 0.625. The molecule has 0 bridgehead atoms. The van der Waals surface area contributed by atoms with Gasteiger partial charge < -0.3 is 10.6 Å². The fourth-order valence-corrected chi connectivity index (χ4v) is 2.63. The molecule has 0 spiro atoms. The lowest BCUT2D eigenvalue weighted by Crippen LogP contribution is -2.25. The highest BCUT2D eigenvalue weighted by Gasteiger charge is 2.20. The van der Waals surface area contributed by atoms with Crippen molar-refractivity contribution in [3.8, 4) is 0 Å². The molecule has 0 amide bonds. The van der Waals surface area contributed by atoms with Gasteiger partial charge in [-0.3, -0.25) is 0 Å². The molecule has 1 atom stereocenters. The van der Waals surface area contributed by atoms with Crippen LogP contribution in [0.15, 0.2) is 11.4 Å². The Morgan fingerprint density at radius 3 is 2.67 bits per heavy atom. The Kier molecular flexibility index (Phi) is 5.04. The van der Waals surface area contributed by atoms with Gasteiger partial charge in [0, 0.05) is 13.1 Å². The van der Waals surface area contributed by atoms with Crippen LogP contribution in [0, 0.1) is 11.3 Å². The topological polar surface area (TPSA) is 49.8 Å². The number of thiophene rings is 1. The van der Waals surface area contributed by atoms with Crippen molar-refractivity contribution in [2.45, 2.75) is 41.0 Å². The van der Waals surface area contributed by atoms with Crippen LogP contribution in [-0.2, 0) is 0 Å². The minimum atomic E-state index is 0.289. The van der Waals surface area contributed by atoms with E-state index in [2.05, 4.69) is 66.7 Å². The summed E-state index contributed by atoms with van der Waals surface area (Å²) in [6.07, 6.45) is 1.07. The number of anilines is 2. The lowest BCUT2D eigenvalue weighted by molar-refractivity contribution is 0.274. The van der Waals surface area contributed by atoms with Crippen molar-refractivity contribution >= 4 is 33.3 Å². The second kappa shape index (κ2) is 6.60. The third-order valence-corrected chi connectivity index (χ3v) is 4.72. The highest BCUT2D eigenvalue weighted by molar-refractivity contribution is 7.16. The summed E-state index contributed by atoms with van der Waals surface area (Å²) in [7, 11) is 0. The largest absolute Gasteiger partial charge is 0.369 e. The summed E-state index contributed by atoms with van der Waals surface area (Å²) in [5.41, 5.74) is 0.289. The molecular weight excluding hydrogens is 280 g/mol. The predicted octanol–water partition coefficient (Wildman–Crippen LogP) is 4.61. The molecule has 0 aliphatic rings. The monoisotopic (exact) mass is 306 g/mol. The maximum absolute atomic E-state index is 4.64. The molecule has 1 unspecified atom stereocenters. The standard InChI is InChI=1S/C16H26N4S/c1-6-8-17-15-19-13(12-7-9-21-14(12)20-15)18-10-11(2)16(3,4)5/h7,9,11H,6,8,10H2,1-5H3,(H2,17,18,19,20). The van der Waals surface area contributed by atoms with Crippen molar-refractivity contribution in [1.82, 2.24) is 9.97 Å². The molecule has 0 saturated carbocycles. The van der Waals surface area contributed by atoms with Gasteiger partial charge in [-0.05, 0) is 29.2 Å². The van der Waals surface area contributed by atoms with Crippen molar-refractivity contribution in [1.29, 1.82) is 0 Å². The van der Waals surface area contributed by atoms with Crippen LogP contribution in [0.1, 0.15) is 41.0 Å². The molecule has 0 aliphatic carbocycles. The third kappa shape index (κ3) is 4.06. The maximum Gasteiger partial charge on any atom is 0.226 e. The second-order valence-corrected chi connectivity index (χ2v) is 7.50. The van der Waals surface area contributed by atoms with E-state index < -0.39 is 0 Å². The Hall–Kier alpha value is -1.36. The molecule has 2 rings (SSSR count). The van der Waals surface area contributed by atoms with E-state index in [-0.39, 0.29) is 5.41 Å². The van der Waals surface area contributed by atoms with Crippen LogP contribution in [0.4, 0.5) is 11.8 Å². The second-order valence-electron chi connectivity index (χ2n) is 6.61. The summed E-state index contributed by atoms with van der Waals surface area (Å²) in [5, 5.41) is 9.98. The van der Waals surface area contributed by atoms with Crippen molar-refractivity contribution < 1.29 is 0 Å². The molecule has 21 heavy (non-hydrogen) atoms. The summed E-state index contributed by atoms with van der Waals surface area (Å²) >= 11 is 1.66. The number of hydrogen-bond donors (Lipinski definition) is 2. The van der Waals surface area contributed by atoms with E-state index in [1.54, 1.807) is 11.3 Å². The average Bonchev–Trinajstić information content (AvgIpc) is 2.89. The number of nitrogens with zero attached hydrogens (tertiary/aromatic N) is 2. The third-order valence-electron chi connectivity index (χ3n) is 3.91. The Morgan fingerprint density at radius 2 is 2.00 bits per heavy atom. The molecule has 0 aromatic carbocycles. The van der Waals surface area contributed by atoms with Gasteiger partial charge in [-0.25, -0.2) is 4.98 Å². The molecule has 116 valence electrons. The first-order valence-electron chi connectivity index (χ1n) is 7.64. The van der Waals surface area contributed by atoms with Gasteiger partial charge in [0.05, 0.1) is 5.39 Å². The summed E-state index contributed by atoms with van der Waals surface area (Å²) in [5.74, 6) is 2.22. The molecule has 5 heteroatoms. The number of aromatic nitrogens is 2. The van der Waals surface area contributed by atoms with E-state index in [0.717, 1.165) is 41.5 Å². The quantitative estimate of drug-likeness (QED) is 0.818. The smallest absolute Gasteiger partial charge is 0.226 e. The molecule has 0 fully saturated rings. The lowest BCUT2D eigenvalue weighted by atomic mass is 9.82. The Labute approximate surface area is 131 Å². The van der Waals surface area contributed by atoms with Gasteiger partial charge in [0.2, 0.25) is 5.95 Å². The highest BCUT2D eigenvalue weighted by Crippen LogP contribution is 2.29. The minimum absolute atomic E-state index is 0.289. The molecule has 2 aromatic rings. The van der Waals surface area contributed by atoms with E-state index in [0.29, 0.717) is 5.92 Å². The molecule has 0 aliphatic heterocycles. The SMILES string of the molecule is CCCNc1nc(NCC(C)C(C)(C)C)c2ccsc2n1. The van der Waals surface area contributed by atoms with E-state index in [1.807, 2.05) is 0 Å². The van der Waals surface area contributed by atoms with E-state index in [1.165, 1.54) is 0 Å². The first kappa shape index (κ1) is 16.0. The number of fused-ring (bicyclic) bond motifs is 1. The summed E-state index contributed by atoms with van der Waals surface area (Å²) < 4.78 is 0. The van der Waals surface area contributed by atoms with Crippen LogP contribution < -0.4 is 10.6 Å². The van der Waals surface area contributed by atoms with Gasteiger partial charge in [0.25, 0.3) is 0 Å². The van der Waals surface area contributed by atoms with Gasteiger partial charge in [-0.2, -0.15) is 4.98 Å². The van der Waals surface area contributed by atoms with Crippen LogP contribution in [0.3, 0.4) is 0 Å². The van der Waals surface area contributed by atoms with Crippen molar-refractivity contribution in [3.63, 3.8) is 0 Å². The Morgan fingerprint density at radius 1 is 1.24 bits per heavy atom. The molecular formula is C16H26N4S. The summed E-state index contributed by atoms with van der Waals surface area (Å²) in [6, 6.07) is 2.09. The molecule has 2 N–H and O–H groups in total. The average molecular weight is 306 g/mol. The molecule has 2 aromatic heterocycles. The zero-order chi connectivity index (χ0) is 15.5. The summed E-state index contributed by atoms with van der Waals surface area (Å²) in [4.78, 5) is 10.2. The Bertz CT molecular complexity index is 585. The van der Waals surface area contributed by atoms with Gasteiger partial charge in [-0.15, -0.1) is 11.3 Å². The maximum atomic E-state index is 4.64. The van der Waals surface area contributed by atoms with Crippen molar-refractivity contribution in [2.24, 2.45) is 11.3 Å². The van der Waals surface area contributed by atoms with Gasteiger partial charge >= 0.3 is 0 Å². The zero-order valence-electron chi connectivity index (χ0n) is 13.7. The lowest BCUT2D eigenvalue weighted by Gasteiger charge is -2.27. The minimum Gasteiger partial charge on any atom is -0.369 e. The van der Waals surface area contributed by atoms with E-state index in [4.69, 9.17) is 0 Å². The highest BCUT2D eigenvalue weighted by atomic mass is 32.1. The fourth-order valence-electron chi connectivity index (χ4n) is 1.86. The predicted molar refractivity (Wildman–Crippen MR) is 93.3 cm³/mol. The van der Waals surface area contributed by atoms with Crippen LogP contribution >= 0.6 is 11.3 Å². The van der Waals surface area contributed by atoms with Crippen LogP contribution in [0.5, 0.6) is 0 Å². The number of rotatable bonds is 6. The molecule has 4 nitrogen and oxygen atoms in total. The molecule has 0 radical (unpaired) electrons. The molecule has 0 saturated heterocycles. The van der Waals surface area contributed by atoms with Crippen LogP contribution in [0.2, 0.25) is 0 Å². The normalized spacial score (nSPS) is 13.4. The van der Waals surface area contributed by atoms with E-state index >= 15 is 0 Å². The first-order chi connectivity index (χ1) is 9.91. The Balaban J connectivity index is 2.19. The van der Waals surface area contributed by atoms with Crippen LogP contribution in [0.25, 0.3) is 10.2 Å². The molecule has 2 heterocycles. The van der Waals surface area contributed by atoms with Gasteiger partial charge in [0.1, 0.15) is 10.6 Å². The van der Waals surface area contributed by atoms with Gasteiger partial charge in [0.15, 0.2) is 0 Å². The van der Waals surface area contributed by atoms with Crippen LogP contribution in [-0.4, -0.2) is 23.1 Å². The number of nitrogens with one attached hydrogen (secondary N) is 2. The zero-order valence-corrected chi connectivity index (χ0v) is 14.5. The van der Waals surface area contributed by atoms with Crippen molar-refractivity contribution in [2.75, 3.05) is 23.7 Å². The van der Waals surface area contributed by atoms with Gasteiger partial charge in [-0.1, -0.05) is 34.6 Å². The number of hydrogen-bond acceptors (Lipinski definition) is 5.